The normalized spacial score (nSPS) is 11.4. The van der Waals surface area contributed by atoms with Crippen LogP contribution in [0.15, 0.2) is 59.6 Å². The molecular formula is C30H35N5O5S. The van der Waals surface area contributed by atoms with E-state index in [2.05, 4.69) is 14.9 Å². The molecule has 4 aromatic rings. The van der Waals surface area contributed by atoms with Gasteiger partial charge in [0.15, 0.2) is 5.65 Å². The highest BCUT2D eigenvalue weighted by Crippen LogP contribution is 2.29. The number of aromatic nitrogens is 3. The van der Waals surface area contributed by atoms with Crippen LogP contribution in [0.2, 0.25) is 0 Å². The molecule has 0 unspecified atom stereocenters. The molecule has 2 aromatic carbocycles. The Kier molecular flexibility index (Phi) is 9.38. The van der Waals surface area contributed by atoms with Crippen LogP contribution in [0.4, 0.5) is 10.5 Å². The number of aryl methyl sites for hydroxylation is 2. The molecule has 11 heteroatoms. The summed E-state index contributed by atoms with van der Waals surface area (Å²) < 4.78 is 35.1. The number of carbonyl (C=O) groups excluding carboxylic acids is 2. The number of benzene rings is 2. The Morgan fingerprint density at radius 2 is 1.76 bits per heavy atom. The van der Waals surface area contributed by atoms with Crippen molar-refractivity contribution in [3.8, 4) is 11.1 Å². The number of rotatable bonds is 11. The minimum Gasteiger partial charge on any atom is -0.449 e. The van der Waals surface area contributed by atoms with Gasteiger partial charge in [0.05, 0.1) is 29.9 Å². The molecule has 216 valence electrons. The second-order valence-corrected chi connectivity index (χ2v) is 11.3. The van der Waals surface area contributed by atoms with Gasteiger partial charge in [-0.3, -0.25) is 4.79 Å². The van der Waals surface area contributed by atoms with Gasteiger partial charge in [0.2, 0.25) is 5.91 Å². The highest BCUT2D eigenvalue weighted by molar-refractivity contribution is 7.90. The molecule has 0 saturated carbocycles. The van der Waals surface area contributed by atoms with Gasteiger partial charge in [0.25, 0.3) is 10.0 Å². The van der Waals surface area contributed by atoms with Crippen LogP contribution in [0.3, 0.4) is 0 Å². The number of pyridine rings is 1. The summed E-state index contributed by atoms with van der Waals surface area (Å²) in [5, 5.41) is 2.88. The third-order valence-electron chi connectivity index (χ3n) is 6.74. The Morgan fingerprint density at radius 3 is 2.44 bits per heavy atom. The van der Waals surface area contributed by atoms with E-state index in [0.29, 0.717) is 42.6 Å². The number of carbonyl (C=O) groups is 2. The van der Waals surface area contributed by atoms with Crippen LogP contribution in [-0.2, 0) is 32.5 Å². The quantitative estimate of drug-likeness (QED) is 0.222. The molecule has 41 heavy (non-hydrogen) atoms. The molecule has 2 amide bonds. The summed E-state index contributed by atoms with van der Waals surface area (Å²) in [6, 6.07) is 14.1. The molecule has 0 fully saturated rings. The lowest BCUT2D eigenvalue weighted by molar-refractivity contribution is -0.115. The van der Waals surface area contributed by atoms with E-state index in [0.717, 1.165) is 34.5 Å². The summed E-state index contributed by atoms with van der Waals surface area (Å²) in [5.74, 6) is 0.786. The first-order chi connectivity index (χ1) is 19.7. The molecule has 4 rings (SSSR count). The molecule has 2 heterocycles. The minimum atomic E-state index is -4.15. The topological polar surface area (TPSA) is 132 Å². The smallest absolute Gasteiger partial charge is 0.421 e. The number of hydrogen-bond donors (Lipinski definition) is 2. The van der Waals surface area contributed by atoms with Crippen molar-refractivity contribution in [2.75, 3.05) is 11.9 Å². The van der Waals surface area contributed by atoms with Crippen LogP contribution in [0, 0.1) is 6.92 Å². The van der Waals surface area contributed by atoms with E-state index in [1.165, 1.54) is 6.07 Å². The lowest BCUT2D eigenvalue weighted by atomic mass is 10.0. The Balaban J connectivity index is 1.59. The van der Waals surface area contributed by atoms with Gasteiger partial charge in [-0.05, 0) is 30.5 Å². The number of amides is 2. The molecule has 0 saturated heterocycles. The summed E-state index contributed by atoms with van der Waals surface area (Å²) in [7, 11) is -4.15. The van der Waals surface area contributed by atoms with Gasteiger partial charge >= 0.3 is 6.09 Å². The van der Waals surface area contributed by atoms with Crippen LogP contribution in [0.25, 0.3) is 22.3 Å². The zero-order chi connectivity index (χ0) is 29.6. The molecule has 0 spiro atoms. The second kappa shape index (κ2) is 12.9. The second-order valence-electron chi connectivity index (χ2n) is 9.63. The molecule has 0 bridgehead atoms. The maximum Gasteiger partial charge on any atom is 0.421 e. The van der Waals surface area contributed by atoms with E-state index >= 15 is 0 Å². The van der Waals surface area contributed by atoms with Crippen molar-refractivity contribution in [1.29, 1.82) is 0 Å². The number of fused-ring (bicyclic) bond motifs is 1. The number of imidazole rings is 1. The van der Waals surface area contributed by atoms with Crippen LogP contribution < -0.4 is 10.0 Å². The summed E-state index contributed by atoms with van der Waals surface area (Å²) >= 11 is 0. The van der Waals surface area contributed by atoms with Crippen molar-refractivity contribution in [2.45, 2.75) is 64.8 Å². The summed E-state index contributed by atoms with van der Waals surface area (Å²) in [6.07, 6.45) is 3.22. The summed E-state index contributed by atoms with van der Waals surface area (Å²) in [5.41, 5.74) is 5.11. The molecule has 0 aliphatic heterocycles. The Hall–Kier alpha value is -4.25. The lowest BCUT2D eigenvalue weighted by Gasteiger charge is -2.13. The minimum absolute atomic E-state index is 0.0142. The molecule has 0 atom stereocenters. The molecular weight excluding hydrogens is 542 g/mol. The van der Waals surface area contributed by atoms with Gasteiger partial charge in [-0.25, -0.2) is 27.9 Å². The maximum atomic E-state index is 13.0. The first kappa shape index (κ1) is 29.7. The van der Waals surface area contributed by atoms with Gasteiger partial charge in [-0.1, -0.05) is 69.7 Å². The fourth-order valence-corrected chi connectivity index (χ4v) is 5.56. The number of nitrogens with one attached hydrogen (secondary N) is 2. The van der Waals surface area contributed by atoms with Crippen LogP contribution in [0.1, 0.15) is 57.0 Å². The largest absolute Gasteiger partial charge is 0.449 e. The first-order valence-electron chi connectivity index (χ1n) is 13.7. The molecule has 0 radical (unpaired) electrons. The predicted molar refractivity (Wildman–Crippen MR) is 158 cm³/mol. The lowest BCUT2D eigenvalue weighted by Crippen LogP contribution is -2.31. The Morgan fingerprint density at radius 1 is 1.02 bits per heavy atom. The van der Waals surface area contributed by atoms with E-state index in [1.807, 2.05) is 49.8 Å². The van der Waals surface area contributed by atoms with Gasteiger partial charge < -0.3 is 14.6 Å². The van der Waals surface area contributed by atoms with Crippen molar-refractivity contribution in [2.24, 2.45) is 0 Å². The van der Waals surface area contributed by atoms with E-state index in [1.54, 1.807) is 31.3 Å². The van der Waals surface area contributed by atoms with E-state index < -0.39 is 16.1 Å². The van der Waals surface area contributed by atoms with Gasteiger partial charge in [-0.15, -0.1) is 0 Å². The zero-order valence-electron chi connectivity index (χ0n) is 23.7. The average molecular weight is 578 g/mol. The number of anilines is 1. The standard InChI is InChI=1S/C30H35N5O5S/c1-5-8-17-40-30(37)34-41(38,39)25-12-10-9-11-23(25)22-15-13-21(14-16-22)19-35-26(6-2)33-28-20(4)24(18-31-29(28)35)32-27(36)7-3/h9-16,18H,5-8,17,19H2,1-4H3,(H,32,36)(H,34,37). The van der Waals surface area contributed by atoms with E-state index in [4.69, 9.17) is 9.72 Å². The van der Waals surface area contributed by atoms with Crippen molar-refractivity contribution in [3.05, 3.63) is 71.7 Å². The number of nitrogens with zero attached hydrogens (tertiary/aromatic N) is 3. The highest BCUT2D eigenvalue weighted by Gasteiger charge is 2.23. The molecule has 0 aliphatic carbocycles. The summed E-state index contributed by atoms with van der Waals surface area (Å²) in [6.45, 7) is 8.36. The summed E-state index contributed by atoms with van der Waals surface area (Å²) in [4.78, 5) is 33.4. The number of sulfonamides is 1. The van der Waals surface area contributed by atoms with Crippen molar-refractivity contribution >= 4 is 38.9 Å². The number of ether oxygens (including phenoxy) is 1. The molecule has 0 aliphatic rings. The third-order valence-corrected chi connectivity index (χ3v) is 8.11. The van der Waals surface area contributed by atoms with Crippen molar-refractivity contribution in [3.63, 3.8) is 0 Å². The highest BCUT2D eigenvalue weighted by atomic mass is 32.2. The third kappa shape index (κ3) is 6.74. The first-order valence-corrected chi connectivity index (χ1v) is 15.2. The maximum absolute atomic E-state index is 13.0. The fourth-order valence-electron chi connectivity index (χ4n) is 4.44. The van der Waals surface area contributed by atoms with Crippen molar-refractivity contribution < 1.29 is 22.7 Å². The van der Waals surface area contributed by atoms with Gasteiger partial charge in [0, 0.05) is 24.0 Å². The molecule has 2 N–H and O–H groups in total. The number of unbranched alkanes of at least 4 members (excludes halogenated alkanes) is 1. The number of hydrogen-bond acceptors (Lipinski definition) is 7. The molecule has 2 aromatic heterocycles. The SMILES string of the molecule is CCCCOC(=O)NS(=O)(=O)c1ccccc1-c1ccc(Cn2c(CC)nc3c(C)c(NC(=O)CC)cnc32)cc1. The average Bonchev–Trinajstić information content (AvgIpc) is 3.32. The van der Waals surface area contributed by atoms with E-state index in [9.17, 15) is 18.0 Å². The van der Waals surface area contributed by atoms with Crippen LogP contribution in [0.5, 0.6) is 0 Å². The van der Waals surface area contributed by atoms with Gasteiger partial charge in [-0.2, -0.15) is 0 Å². The fraction of sp³-hybridized carbons (Fsp3) is 0.333. The van der Waals surface area contributed by atoms with Crippen LogP contribution >= 0.6 is 0 Å². The monoisotopic (exact) mass is 577 g/mol. The van der Waals surface area contributed by atoms with Gasteiger partial charge in [0.1, 0.15) is 11.3 Å². The Labute approximate surface area is 240 Å². The van der Waals surface area contributed by atoms with Crippen LogP contribution in [-0.4, -0.2) is 41.6 Å². The zero-order valence-corrected chi connectivity index (χ0v) is 24.5. The van der Waals surface area contributed by atoms with E-state index in [-0.39, 0.29) is 17.4 Å². The predicted octanol–water partition coefficient (Wildman–Crippen LogP) is 5.58. The molecule has 10 nitrogen and oxygen atoms in total. The van der Waals surface area contributed by atoms with Crippen molar-refractivity contribution in [1.82, 2.24) is 19.3 Å². The Bertz CT molecular complexity index is 1660.